The summed E-state index contributed by atoms with van der Waals surface area (Å²) in [5.74, 6) is 0.390. The van der Waals surface area contributed by atoms with E-state index in [1.165, 1.54) is 27.4 Å². The molecule has 1 amide bonds. The number of benzene rings is 2. The molecule has 2 aromatic carbocycles. The van der Waals surface area contributed by atoms with Crippen molar-refractivity contribution in [3.8, 4) is 28.6 Å². The highest BCUT2D eigenvalue weighted by molar-refractivity contribution is 9.10. The van der Waals surface area contributed by atoms with Crippen molar-refractivity contribution in [2.75, 3.05) is 21.3 Å². The van der Waals surface area contributed by atoms with Crippen LogP contribution in [-0.4, -0.2) is 32.2 Å². The van der Waals surface area contributed by atoms with Gasteiger partial charge >= 0.3 is 5.69 Å². The van der Waals surface area contributed by atoms with Crippen molar-refractivity contribution >= 4 is 27.5 Å². The number of hydrogen-bond acceptors (Lipinski definition) is 7. The highest BCUT2D eigenvalue weighted by Crippen LogP contribution is 2.46. The molecule has 0 bridgehead atoms. The first-order valence-corrected chi connectivity index (χ1v) is 9.79. The fourth-order valence-electron chi connectivity index (χ4n) is 3.00. The van der Waals surface area contributed by atoms with Gasteiger partial charge in [0, 0.05) is 16.1 Å². The second-order valence-electron chi connectivity index (χ2n) is 6.25. The normalized spacial score (nSPS) is 10.5. The van der Waals surface area contributed by atoms with Crippen LogP contribution in [0, 0.1) is 10.1 Å². The molecule has 0 aliphatic carbocycles. The van der Waals surface area contributed by atoms with E-state index >= 15 is 0 Å². The van der Waals surface area contributed by atoms with Gasteiger partial charge in [0.05, 0.1) is 32.8 Å². The van der Waals surface area contributed by atoms with Crippen molar-refractivity contribution < 1.29 is 28.3 Å². The SMILES string of the molecule is COc1cc(C(=O)NCc2ccc(-c3ccc(Br)cc3)o2)c([N+](=O)[O-])c(OC)c1OC. The number of furan rings is 1. The van der Waals surface area contributed by atoms with Crippen molar-refractivity contribution in [1.82, 2.24) is 5.32 Å². The molecule has 9 nitrogen and oxygen atoms in total. The minimum atomic E-state index is -0.700. The molecule has 0 spiro atoms. The first-order chi connectivity index (χ1) is 14.9. The van der Waals surface area contributed by atoms with E-state index in [2.05, 4.69) is 21.2 Å². The number of carbonyl (C=O) groups is 1. The number of carbonyl (C=O) groups excluding carboxylic acids is 1. The third-order valence-corrected chi connectivity index (χ3v) is 4.97. The van der Waals surface area contributed by atoms with Crippen LogP contribution in [0.1, 0.15) is 16.1 Å². The first-order valence-electron chi connectivity index (χ1n) is 8.99. The lowest BCUT2D eigenvalue weighted by atomic mass is 10.1. The van der Waals surface area contributed by atoms with Crippen LogP contribution >= 0.6 is 15.9 Å². The Balaban J connectivity index is 1.85. The number of rotatable bonds is 8. The lowest BCUT2D eigenvalue weighted by Crippen LogP contribution is -2.24. The minimum absolute atomic E-state index is 0.0263. The topological polar surface area (TPSA) is 113 Å². The number of methoxy groups -OCH3 is 3. The van der Waals surface area contributed by atoms with Gasteiger partial charge in [-0.05, 0) is 24.3 Å². The van der Waals surface area contributed by atoms with E-state index in [0.29, 0.717) is 11.5 Å². The molecule has 0 fully saturated rings. The fourth-order valence-corrected chi connectivity index (χ4v) is 3.26. The molecule has 3 aromatic rings. The Morgan fingerprint density at radius 3 is 2.32 bits per heavy atom. The number of nitro benzene ring substituents is 1. The molecule has 10 heteroatoms. The molecule has 0 atom stereocenters. The fraction of sp³-hybridized carbons (Fsp3) is 0.190. The smallest absolute Gasteiger partial charge is 0.327 e. The molecule has 162 valence electrons. The average Bonchev–Trinajstić information content (AvgIpc) is 3.25. The van der Waals surface area contributed by atoms with Crippen LogP contribution in [0.2, 0.25) is 0 Å². The van der Waals surface area contributed by atoms with Gasteiger partial charge in [-0.3, -0.25) is 14.9 Å². The van der Waals surface area contributed by atoms with Crippen LogP contribution < -0.4 is 19.5 Å². The van der Waals surface area contributed by atoms with E-state index in [9.17, 15) is 14.9 Å². The lowest BCUT2D eigenvalue weighted by Gasteiger charge is -2.14. The quantitative estimate of drug-likeness (QED) is 0.363. The summed E-state index contributed by atoms with van der Waals surface area (Å²) >= 11 is 3.38. The van der Waals surface area contributed by atoms with Gasteiger partial charge in [-0.25, -0.2) is 0 Å². The summed E-state index contributed by atoms with van der Waals surface area (Å²) in [6, 6.07) is 12.3. The summed E-state index contributed by atoms with van der Waals surface area (Å²) in [7, 11) is 3.93. The number of nitro groups is 1. The standard InChI is InChI=1S/C21H19BrN2O7/c1-28-17-10-15(18(24(26)27)20(30-3)19(17)29-2)21(25)23-11-14-8-9-16(31-14)12-4-6-13(22)7-5-12/h4-10H,11H2,1-3H3,(H,23,25). The Kier molecular flexibility index (Phi) is 6.81. The number of ether oxygens (including phenoxy) is 3. The van der Waals surface area contributed by atoms with Crippen LogP contribution in [-0.2, 0) is 6.54 Å². The maximum absolute atomic E-state index is 12.8. The second kappa shape index (κ2) is 9.52. The second-order valence-corrected chi connectivity index (χ2v) is 7.17. The number of nitrogens with one attached hydrogen (secondary N) is 1. The minimum Gasteiger partial charge on any atom is -0.493 e. The lowest BCUT2D eigenvalue weighted by molar-refractivity contribution is -0.386. The van der Waals surface area contributed by atoms with E-state index in [-0.39, 0.29) is 29.4 Å². The van der Waals surface area contributed by atoms with E-state index in [0.717, 1.165) is 10.0 Å². The Morgan fingerprint density at radius 2 is 1.74 bits per heavy atom. The summed E-state index contributed by atoms with van der Waals surface area (Å²) in [5.41, 5.74) is 0.132. The predicted molar refractivity (Wildman–Crippen MR) is 116 cm³/mol. The van der Waals surface area contributed by atoms with Crippen molar-refractivity contribution in [2.45, 2.75) is 6.54 Å². The molecule has 0 unspecified atom stereocenters. The average molecular weight is 491 g/mol. The van der Waals surface area contributed by atoms with E-state index in [1.54, 1.807) is 12.1 Å². The van der Waals surface area contributed by atoms with E-state index in [4.69, 9.17) is 18.6 Å². The number of hydrogen-bond donors (Lipinski definition) is 1. The predicted octanol–water partition coefficient (Wildman–Crippen LogP) is 4.57. The summed E-state index contributed by atoms with van der Waals surface area (Å²) in [4.78, 5) is 23.7. The van der Waals surface area contributed by atoms with Crippen molar-refractivity contribution in [2.24, 2.45) is 0 Å². The van der Waals surface area contributed by atoms with Crippen LogP contribution in [0.4, 0.5) is 5.69 Å². The van der Waals surface area contributed by atoms with Gasteiger partial charge in [0.25, 0.3) is 5.91 Å². The van der Waals surface area contributed by atoms with Gasteiger partial charge in [0.1, 0.15) is 17.1 Å². The summed E-state index contributed by atoms with van der Waals surface area (Å²) in [6.45, 7) is 0.0309. The van der Waals surface area contributed by atoms with Gasteiger partial charge in [-0.2, -0.15) is 0 Å². The molecular formula is C21H19BrN2O7. The van der Waals surface area contributed by atoms with Crippen molar-refractivity contribution in [1.29, 1.82) is 0 Å². The van der Waals surface area contributed by atoms with Crippen LogP contribution in [0.15, 0.2) is 51.4 Å². The Bertz CT molecular complexity index is 1110. The number of halogens is 1. The maximum Gasteiger partial charge on any atom is 0.327 e. The molecule has 3 rings (SSSR count). The zero-order chi connectivity index (χ0) is 22.5. The molecule has 1 aromatic heterocycles. The summed E-state index contributed by atoms with van der Waals surface area (Å²) in [5, 5.41) is 14.3. The van der Waals surface area contributed by atoms with Crippen molar-refractivity contribution in [3.63, 3.8) is 0 Å². The molecule has 0 aliphatic rings. The molecule has 31 heavy (non-hydrogen) atoms. The monoisotopic (exact) mass is 490 g/mol. The van der Waals surface area contributed by atoms with Crippen LogP contribution in [0.5, 0.6) is 17.2 Å². The Labute approximate surface area is 186 Å². The first kappa shape index (κ1) is 22.2. The Hall–Kier alpha value is -3.53. The highest BCUT2D eigenvalue weighted by Gasteiger charge is 2.32. The van der Waals surface area contributed by atoms with Gasteiger partial charge < -0.3 is 23.9 Å². The Morgan fingerprint density at radius 1 is 1.06 bits per heavy atom. The summed E-state index contributed by atoms with van der Waals surface area (Å²) < 4.78 is 22.2. The van der Waals surface area contributed by atoms with Gasteiger partial charge in [-0.15, -0.1) is 0 Å². The van der Waals surface area contributed by atoms with Gasteiger partial charge in [0.15, 0.2) is 5.75 Å². The number of amides is 1. The van der Waals surface area contributed by atoms with Crippen molar-refractivity contribution in [3.05, 3.63) is 68.4 Å². The third-order valence-electron chi connectivity index (χ3n) is 4.44. The maximum atomic E-state index is 12.8. The molecule has 1 N–H and O–H groups in total. The summed E-state index contributed by atoms with van der Waals surface area (Å²) in [6.07, 6.45) is 0. The zero-order valence-electron chi connectivity index (χ0n) is 16.9. The van der Waals surface area contributed by atoms with Gasteiger partial charge in [-0.1, -0.05) is 28.1 Å². The number of nitrogens with zero attached hydrogens (tertiary/aromatic N) is 1. The van der Waals surface area contributed by atoms with Crippen LogP contribution in [0.25, 0.3) is 11.3 Å². The zero-order valence-corrected chi connectivity index (χ0v) is 18.5. The van der Waals surface area contributed by atoms with Gasteiger partial charge in [0.2, 0.25) is 11.5 Å². The molecule has 0 saturated heterocycles. The van der Waals surface area contributed by atoms with E-state index in [1.807, 2.05) is 24.3 Å². The van der Waals surface area contributed by atoms with E-state index < -0.39 is 16.5 Å². The molecule has 0 aliphatic heterocycles. The highest BCUT2D eigenvalue weighted by atomic mass is 79.9. The molecule has 0 radical (unpaired) electrons. The molecule has 1 heterocycles. The largest absolute Gasteiger partial charge is 0.493 e. The molecule has 0 saturated carbocycles. The third kappa shape index (κ3) is 4.64. The van der Waals surface area contributed by atoms with Crippen LogP contribution in [0.3, 0.4) is 0 Å². The molecular weight excluding hydrogens is 472 g/mol.